The third kappa shape index (κ3) is 4.09. The van der Waals surface area contributed by atoms with Gasteiger partial charge in [0, 0.05) is 6.20 Å². The highest BCUT2D eigenvalue weighted by molar-refractivity contribution is 5.98. The van der Waals surface area contributed by atoms with E-state index in [1.54, 1.807) is 55.5 Å². The first-order valence-electron chi connectivity index (χ1n) is 8.70. The Morgan fingerprint density at radius 3 is 2.62 bits per heavy atom. The molecule has 8 heteroatoms. The van der Waals surface area contributed by atoms with Crippen molar-refractivity contribution < 1.29 is 19.0 Å². The molecule has 0 fully saturated rings. The zero-order valence-electron chi connectivity index (χ0n) is 15.8. The molecule has 0 radical (unpaired) electrons. The molecule has 0 aliphatic heterocycles. The van der Waals surface area contributed by atoms with Crippen LogP contribution < -0.4 is 15.0 Å². The summed E-state index contributed by atoms with van der Waals surface area (Å²) in [6.07, 6.45) is 2.66. The Hall–Kier alpha value is -4.12. The van der Waals surface area contributed by atoms with E-state index >= 15 is 0 Å². The number of hydrogen-bond acceptors (Lipinski definition) is 7. The van der Waals surface area contributed by atoms with Gasteiger partial charge in [0.2, 0.25) is 5.88 Å². The summed E-state index contributed by atoms with van der Waals surface area (Å²) < 4.78 is 17.3. The molecule has 0 amide bonds. The molecule has 29 heavy (non-hydrogen) atoms. The van der Waals surface area contributed by atoms with Crippen LogP contribution in [0.15, 0.2) is 59.0 Å². The van der Waals surface area contributed by atoms with Crippen LogP contribution in [0, 0.1) is 11.3 Å². The fourth-order valence-corrected chi connectivity index (χ4v) is 2.58. The number of esters is 1. The molecule has 3 aromatic rings. The Kier molecular flexibility index (Phi) is 5.90. The smallest absolute Gasteiger partial charge is 0.348 e. The SMILES string of the molecule is CCOC(=O)/C(C#N)=C/c1c(Oc2ccccc2OC)nc2ccccn2c1=O. The summed E-state index contributed by atoms with van der Waals surface area (Å²) in [6, 6.07) is 13.6. The molecule has 2 aromatic heterocycles. The second-order valence-corrected chi connectivity index (χ2v) is 5.71. The quantitative estimate of drug-likeness (QED) is 0.361. The number of methoxy groups -OCH3 is 1. The highest BCUT2D eigenvalue weighted by Gasteiger charge is 2.18. The Labute approximate surface area is 166 Å². The first kappa shape index (κ1) is 19.6. The molecule has 8 nitrogen and oxygen atoms in total. The number of carbonyl (C=O) groups is 1. The summed E-state index contributed by atoms with van der Waals surface area (Å²) in [5.41, 5.74) is -0.567. The van der Waals surface area contributed by atoms with Crippen molar-refractivity contribution >= 4 is 17.7 Å². The van der Waals surface area contributed by atoms with E-state index in [2.05, 4.69) is 4.98 Å². The van der Waals surface area contributed by atoms with Crippen molar-refractivity contribution in [3.05, 3.63) is 70.2 Å². The predicted molar refractivity (Wildman–Crippen MR) is 105 cm³/mol. The van der Waals surface area contributed by atoms with Gasteiger partial charge >= 0.3 is 5.97 Å². The Bertz CT molecular complexity index is 1190. The van der Waals surface area contributed by atoms with Gasteiger partial charge in [0.25, 0.3) is 5.56 Å². The highest BCUT2D eigenvalue weighted by Crippen LogP contribution is 2.31. The predicted octanol–water partition coefficient (Wildman–Crippen LogP) is 2.97. The fraction of sp³-hybridized carbons (Fsp3) is 0.143. The molecule has 0 aliphatic rings. The van der Waals surface area contributed by atoms with Gasteiger partial charge in [-0.25, -0.2) is 4.79 Å². The van der Waals surface area contributed by atoms with Crippen molar-refractivity contribution in [1.29, 1.82) is 5.26 Å². The second-order valence-electron chi connectivity index (χ2n) is 5.71. The van der Waals surface area contributed by atoms with Crippen LogP contribution in [-0.4, -0.2) is 29.1 Å². The van der Waals surface area contributed by atoms with Gasteiger partial charge in [-0.15, -0.1) is 0 Å². The van der Waals surface area contributed by atoms with E-state index in [1.165, 1.54) is 17.7 Å². The van der Waals surface area contributed by atoms with Crippen LogP contribution in [0.5, 0.6) is 17.4 Å². The van der Waals surface area contributed by atoms with E-state index in [9.17, 15) is 14.9 Å². The molecule has 0 spiro atoms. The van der Waals surface area contributed by atoms with E-state index in [1.807, 2.05) is 0 Å². The van der Waals surface area contributed by atoms with Crippen molar-refractivity contribution in [3.63, 3.8) is 0 Å². The van der Waals surface area contributed by atoms with Crippen LogP contribution in [0.3, 0.4) is 0 Å². The lowest BCUT2D eigenvalue weighted by atomic mass is 10.2. The van der Waals surface area contributed by atoms with Crippen molar-refractivity contribution in [2.24, 2.45) is 0 Å². The normalized spacial score (nSPS) is 11.0. The summed E-state index contributed by atoms with van der Waals surface area (Å²) in [5, 5.41) is 9.34. The number of pyridine rings is 1. The van der Waals surface area contributed by atoms with Crippen molar-refractivity contribution in [2.75, 3.05) is 13.7 Å². The molecule has 3 rings (SSSR count). The molecular formula is C21H17N3O5. The molecule has 1 aromatic carbocycles. The van der Waals surface area contributed by atoms with Crippen LogP contribution in [0.25, 0.3) is 11.7 Å². The summed E-state index contributed by atoms with van der Waals surface area (Å²) in [6.45, 7) is 1.72. The average molecular weight is 391 g/mol. The number of para-hydroxylation sites is 2. The van der Waals surface area contributed by atoms with Crippen molar-refractivity contribution in [3.8, 4) is 23.4 Å². The lowest BCUT2D eigenvalue weighted by Crippen LogP contribution is -2.19. The van der Waals surface area contributed by atoms with Gasteiger partial charge in [0.05, 0.1) is 13.7 Å². The fourth-order valence-electron chi connectivity index (χ4n) is 2.58. The summed E-state index contributed by atoms with van der Waals surface area (Å²) >= 11 is 0. The number of fused-ring (bicyclic) bond motifs is 1. The molecule has 0 aliphatic carbocycles. The van der Waals surface area contributed by atoms with Gasteiger partial charge in [-0.05, 0) is 37.3 Å². The first-order chi connectivity index (χ1) is 14.1. The van der Waals surface area contributed by atoms with Crippen LogP contribution in [-0.2, 0) is 9.53 Å². The minimum absolute atomic E-state index is 0.0655. The largest absolute Gasteiger partial charge is 0.493 e. The number of aromatic nitrogens is 2. The van der Waals surface area contributed by atoms with Gasteiger partial charge in [-0.2, -0.15) is 10.2 Å². The molecule has 2 heterocycles. The lowest BCUT2D eigenvalue weighted by molar-refractivity contribution is -0.137. The van der Waals surface area contributed by atoms with E-state index in [0.29, 0.717) is 17.1 Å². The van der Waals surface area contributed by atoms with Crippen LogP contribution in [0.1, 0.15) is 12.5 Å². The standard InChI is InChI=1S/C21H17N3O5/c1-3-28-21(26)14(13-22)12-15-19(29-17-9-5-4-8-16(17)27-2)23-18-10-6-7-11-24(18)20(15)25/h4-12H,3H2,1-2H3/b14-12+. The van der Waals surface area contributed by atoms with Gasteiger partial charge < -0.3 is 14.2 Å². The number of ether oxygens (including phenoxy) is 3. The lowest BCUT2D eigenvalue weighted by Gasteiger charge is -2.12. The molecule has 0 N–H and O–H groups in total. The van der Waals surface area contributed by atoms with Gasteiger partial charge in [0.15, 0.2) is 11.5 Å². The monoisotopic (exact) mass is 391 g/mol. The maximum Gasteiger partial charge on any atom is 0.348 e. The average Bonchev–Trinajstić information content (AvgIpc) is 2.74. The molecule has 0 atom stereocenters. The third-order valence-corrected chi connectivity index (χ3v) is 3.91. The first-order valence-corrected chi connectivity index (χ1v) is 8.70. The van der Waals surface area contributed by atoms with Gasteiger partial charge in [0.1, 0.15) is 22.9 Å². The van der Waals surface area contributed by atoms with Crippen LogP contribution >= 0.6 is 0 Å². The molecular weight excluding hydrogens is 374 g/mol. The third-order valence-electron chi connectivity index (χ3n) is 3.91. The molecule has 0 unspecified atom stereocenters. The van der Waals surface area contributed by atoms with Crippen LogP contribution in [0.4, 0.5) is 0 Å². The summed E-state index contributed by atoms with van der Waals surface area (Å²) in [7, 11) is 1.49. The minimum atomic E-state index is -0.837. The topological polar surface area (TPSA) is 103 Å². The molecule has 146 valence electrons. The van der Waals surface area contributed by atoms with Crippen molar-refractivity contribution in [2.45, 2.75) is 6.92 Å². The summed E-state index contributed by atoms with van der Waals surface area (Å²) in [4.78, 5) is 29.4. The highest BCUT2D eigenvalue weighted by atomic mass is 16.5. The number of carbonyl (C=O) groups excluding carboxylic acids is 1. The van der Waals surface area contributed by atoms with Crippen molar-refractivity contribution in [1.82, 2.24) is 9.38 Å². The zero-order chi connectivity index (χ0) is 20.8. The number of hydrogen-bond donors (Lipinski definition) is 0. The van der Waals surface area contributed by atoms with Gasteiger partial charge in [-0.3, -0.25) is 9.20 Å². The summed E-state index contributed by atoms with van der Waals surface area (Å²) in [5.74, 6) is -0.145. The van der Waals surface area contributed by atoms with Gasteiger partial charge in [-0.1, -0.05) is 18.2 Å². The number of benzene rings is 1. The maximum atomic E-state index is 13.0. The Morgan fingerprint density at radius 2 is 1.93 bits per heavy atom. The maximum absolute atomic E-state index is 13.0. The number of nitriles is 1. The number of nitrogens with zero attached hydrogens (tertiary/aromatic N) is 3. The Balaban J connectivity index is 2.23. The number of rotatable bonds is 6. The van der Waals surface area contributed by atoms with E-state index in [-0.39, 0.29) is 23.6 Å². The van der Waals surface area contributed by atoms with E-state index in [4.69, 9.17) is 14.2 Å². The minimum Gasteiger partial charge on any atom is -0.493 e. The Morgan fingerprint density at radius 1 is 1.21 bits per heavy atom. The second kappa shape index (κ2) is 8.71. The molecule has 0 saturated heterocycles. The van der Waals surface area contributed by atoms with Crippen LogP contribution in [0.2, 0.25) is 0 Å². The molecule has 0 bridgehead atoms. The van der Waals surface area contributed by atoms with E-state index < -0.39 is 11.5 Å². The zero-order valence-corrected chi connectivity index (χ0v) is 15.8. The van der Waals surface area contributed by atoms with E-state index in [0.717, 1.165) is 6.08 Å². The molecule has 0 saturated carbocycles.